The first-order valence-corrected chi connectivity index (χ1v) is 5.96. The van der Waals surface area contributed by atoms with Gasteiger partial charge in [0.1, 0.15) is 0 Å². The molecule has 0 aromatic heterocycles. The Balaban J connectivity index is 2.95. The molecule has 0 heterocycles. The summed E-state index contributed by atoms with van der Waals surface area (Å²) in [6, 6.07) is 7.38. The molecular formula is C16H19NO. The third kappa shape index (κ3) is 4.50. The van der Waals surface area contributed by atoms with Crippen molar-refractivity contribution < 1.29 is 4.79 Å². The van der Waals surface area contributed by atoms with Crippen molar-refractivity contribution in [1.82, 2.24) is 0 Å². The number of hydrogen-bond acceptors (Lipinski definition) is 2. The first-order valence-electron chi connectivity index (χ1n) is 5.96. The maximum Gasteiger partial charge on any atom is 0.161 e. The van der Waals surface area contributed by atoms with E-state index in [-0.39, 0.29) is 5.78 Å². The maximum atomic E-state index is 11.4. The minimum Gasteiger partial charge on any atom is -0.294 e. The van der Waals surface area contributed by atoms with Crippen LogP contribution in [0, 0.1) is 0 Å². The average Bonchev–Trinajstić information content (AvgIpc) is 2.34. The van der Waals surface area contributed by atoms with Crippen LogP contribution in [0.1, 0.15) is 38.1 Å². The second kappa shape index (κ2) is 6.70. The van der Waals surface area contributed by atoms with E-state index in [1.54, 1.807) is 19.2 Å². The zero-order valence-corrected chi connectivity index (χ0v) is 11.4. The Labute approximate surface area is 109 Å². The van der Waals surface area contributed by atoms with E-state index in [0.29, 0.717) is 5.56 Å². The molecule has 0 bridgehead atoms. The molecule has 0 aliphatic carbocycles. The number of Topliss-reactive ketones (excluding diaryl/α,β-unsaturated/α-hetero) is 1. The Morgan fingerprint density at radius 1 is 1.06 bits per heavy atom. The van der Waals surface area contributed by atoms with Gasteiger partial charge in [-0.05, 0) is 45.4 Å². The zero-order chi connectivity index (χ0) is 13.5. The van der Waals surface area contributed by atoms with Gasteiger partial charge in [0.2, 0.25) is 0 Å². The molecule has 94 valence electrons. The van der Waals surface area contributed by atoms with Crippen molar-refractivity contribution in [3.63, 3.8) is 0 Å². The number of benzene rings is 1. The van der Waals surface area contributed by atoms with Crippen molar-refractivity contribution in [1.29, 1.82) is 0 Å². The van der Waals surface area contributed by atoms with E-state index in [4.69, 9.17) is 0 Å². The van der Waals surface area contributed by atoms with Crippen molar-refractivity contribution in [3.8, 4) is 0 Å². The summed E-state index contributed by atoms with van der Waals surface area (Å²) in [6.45, 7) is 7.64. The fraction of sp³-hybridized carbons (Fsp3) is 0.250. The first-order chi connectivity index (χ1) is 8.50. The Bertz CT molecular complexity index is 518. The van der Waals surface area contributed by atoms with Gasteiger partial charge in [0.05, 0.1) is 5.69 Å². The van der Waals surface area contributed by atoms with Gasteiger partial charge in [-0.2, -0.15) is 0 Å². The number of carbonyl (C=O) groups excluding carboxylic acids is 1. The van der Waals surface area contributed by atoms with Gasteiger partial charge in [-0.3, -0.25) is 9.79 Å². The SMILES string of the molecule is CC(=O)c1ccccc1N=C/C(C)=C/C=C(C)C. The molecule has 18 heavy (non-hydrogen) atoms. The van der Waals surface area contributed by atoms with Gasteiger partial charge in [-0.25, -0.2) is 0 Å². The summed E-state index contributed by atoms with van der Waals surface area (Å²) >= 11 is 0. The van der Waals surface area contributed by atoms with Crippen LogP contribution in [-0.4, -0.2) is 12.0 Å². The summed E-state index contributed by atoms with van der Waals surface area (Å²) in [4.78, 5) is 15.8. The predicted octanol–water partition coefficient (Wildman–Crippen LogP) is 4.50. The van der Waals surface area contributed by atoms with E-state index >= 15 is 0 Å². The lowest BCUT2D eigenvalue weighted by atomic mass is 10.1. The number of aliphatic imine (C=N–C) groups is 1. The highest BCUT2D eigenvalue weighted by Crippen LogP contribution is 2.18. The summed E-state index contributed by atoms with van der Waals surface area (Å²) < 4.78 is 0. The molecule has 0 unspecified atom stereocenters. The quantitative estimate of drug-likeness (QED) is 0.433. The fourth-order valence-electron chi connectivity index (χ4n) is 1.40. The van der Waals surface area contributed by atoms with E-state index in [2.05, 4.69) is 4.99 Å². The third-order valence-corrected chi connectivity index (χ3v) is 2.37. The summed E-state index contributed by atoms with van der Waals surface area (Å²) in [5.41, 5.74) is 3.67. The van der Waals surface area contributed by atoms with E-state index in [1.165, 1.54) is 5.57 Å². The number of para-hydroxylation sites is 1. The van der Waals surface area contributed by atoms with Crippen LogP contribution >= 0.6 is 0 Å². The van der Waals surface area contributed by atoms with E-state index in [1.807, 2.05) is 51.1 Å². The topological polar surface area (TPSA) is 29.4 Å². The van der Waals surface area contributed by atoms with Gasteiger partial charge >= 0.3 is 0 Å². The van der Waals surface area contributed by atoms with E-state index < -0.39 is 0 Å². The Hall–Kier alpha value is -1.96. The normalized spacial score (nSPS) is 11.7. The van der Waals surface area contributed by atoms with Gasteiger partial charge in [-0.15, -0.1) is 0 Å². The van der Waals surface area contributed by atoms with Crippen LogP contribution in [0.5, 0.6) is 0 Å². The van der Waals surface area contributed by atoms with Crippen LogP contribution in [0.15, 0.2) is 52.6 Å². The van der Waals surface area contributed by atoms with Crippen molar-refractivity contribution in [2.24, 2.45) is 4.99 Å². The van der Waals surface area contributed by atoms with Gasteiger partial charge in [0, 0.05) is 11.8 Å². The molecule has 0 N–H and O–H groups in total. The number of hydrogen-bond donors (Lipinski definition) is 0. The molecule has 0 radical (unpaired) electrons. The van der Waals surface area contributed by atoms with Crippen LogP contribution < -0.4 is 0 Å². The Morgan fingerprint density at radius 2 is 1.72 bits per heavy atom. The number of rotatable bonds is 4. The standard InChI is InChI=1S/C16H19NO/c1-12(2)9-10-13(3)11-17-16-8-6-5-7-15(16)14(4)18/h5-11H,1-4H3/b13-10+,17-11?. The summed E-state index contributed by atoms with van der Waals surface area (Å²) in [5, 5.41) is 0. The average molecular weight is 241 g/mol. The predicted molar refractivity (Wildman–Crippen MR) is 77.8 cm³/mol. The molecule has 1 aromatic rings. The number of ketones is 1. The van der Waals surface area contributed by atoms with Crippen LogP contribution in [-0.2, 0) is 0 Å². The van der Waals surface area contributed by atoms with Gasteiger partial charge in [0.15, 0.2) is 5.78 Å². The lowest BCUT2D eigenvalue weighted by Crippen LogP contribution is -1.91. The molecule has 2 heteroatoms. The number of carbonyl (C=O) groups is 1. The lowest BCUT2D eigenvalue weighted by molar-refractivity contribution is 0.101. The summed E-state index contributed by atoms with van der Waals surface area (Å²) in [6.07, 6.45) is 5.83. The summed E-state index contributed by atoms with van der Waals surface area (Å²) in [7, 11) is 0. The molecule has 0 aliphatic rings. The van der Waals surface area contributed by atoms with Crippen molar-refractivity contribution >= 4 is 17.7 Å². The highest BCUT2D eigenvalue weighted by Gasteiger charge is 2.03. The smallest absolute Gasteiger partial charge is 0.161 e. The minimum atomic E-state index is 0.0358. The van der Waals surface area contributed by atoms with Crippen LogP contribution in [0.2, 0.25) is 0 Å². The second-order valence-corrected chi connectivity index (χ2v) is 4.49. The van der Waals surface area contributed by atoms with E-state index in [9.17, 15) is 4.79 Å². The van der Waals surface area contributed by atoms with Gasteiger partial charge in [-0.1, -0.05) is 29.9 Å². The zero-order valence-electron chi connectivity index (χ0n) is 11.4. The van der Waals surface area contributed by atoms with Crippen molar-refractivity contribution in [2.45, 2.75) is 27.7 Å². The van der Waals surface area contributed by atoms with Crippen molar-refractivity contribution in [2.75, 3.05) is 0 Å². The monoisotopic (exact) mass is 241 g/mol. The Morgan fingerprint density at radius 3 is 2.33 bits per heavy atom. The molecular weight excluding hydrogens is 222 g/mol. The number of allylic oxidation sites excluding steroid dienone is 4. The highest BCUT2D eigenvalue weighted by atomic mass is 16.1. The third-order valence-electron chi connectivity index (χ3n) is 2.37. The molecule has 2 nitrogen and oxygen atoms in total. The van der Waals surface area contributed by atoms with Crippen LogP contribution in [0.4, 0.5) is 5.69 Å². The lowest BCUT2D eigenvalue weighted by Gasteiger charge is -2.00. The molecule has 0 saturated heterocycles. The first kappa shape index (κ1) is 14.1. The largest absolute Gasteiger partial charge is 0.294 e. The fourth-order valence-corrected chi connectivity index (χ4v) is 1.40. The second-order valence-electron chi connectivity index (χ2n) is 4.49. The molecule has 0 saturated carbocycles. The van der Waals surface area contributed by atoms with Crippen LogP contribution in [0.25, 0.3) is 0 Å². The van der Waals surface area contributed by atoms with Crippen molar-refractivity contribution in [3.05, 3.63) is 53.1 Å². The maximum absolute atomic E-state index is 11.4. The van der Waals surface area contributed by atoms with E-state index in [0.717, 1.165) is 11.3 Å². The summed E-state index contributed by atoms with van der Waals surface area (Å²) in [5.74, 6) is 0.0358. The molecule has 0 fully saturated rings. The van der Waals surface area contributed by atoms with Gasteiger partial charge in [0.25, 0.3) is 0 Å². The van der Waals surface area contributed by atoms with Gasteiger partial charge < -0.3 is 0 Å². The number of nitrogens with zero attached hydrogens (tertiary/aromatic N) is 1. The Kier molecular flexibility index (Phi) is 5.25. The minimum absolute atomic E-state index is 0.0358. The van der Waals surface area contributed by atoms with Crippen LogP contribution in [0.3, 0.4) is 0 Å². The molecule has 0 amide bonds. The molecule has 1 aromatic carbocycles. The highest BCUT2D eigenvalue weighted by molar-refractivity contribution is 5.99. The molecule has 0 aliphatic heterocycles. The molecule has 0 atom stereocenters. The molecule has 1 rings (SSSR count). The molecule has 0 spiro atoms.